The van der Waals surface area contributed by atoms with Gasteiger partial charge in [-0.05, 0) is 13.0 Å². The number of aromatic nitrogens is 3. The zero-order chi connectivity index (χ0) is 19.5. The van der Waals surface area contributed by atoms with Crippen molar-refractivity contribution >= 4 is 25.0 Å². The summed E-state index contributed by atoms with van der Waals surface area (Å²) in [6.07, 6.45) is 3.40. The van der Waals surface area contributed by atoms with Gasteiger partial charge in [-0.15, -0.1) is 0 Å². The van der Waals surface area contributed by atoms with E-state index < -0.39 is 13.5 Å². The fourth-order valence-corrected chi connectivity index (χ4v) is 3.22. The van der Waals surface area contributed by atoms with Crippen molar-refractivity contribution in [2.75, 3.05) is 13.2 Å². The number of ether oxygens (including phenoxy) is 2. The lowest BCUT2D eigenvalue weighted by atomic mass is 9.87. The summed E-state index contributed by atoms with van der Waals surface area (Å²) in [7, 11) is -1.14. The molecule has 2 aromatic rings. The van der Waals surface area contributed by atoms with Gasteiger partial charge in [-0.25, -0.2) is 9.97 Å². The van der Waals surface area contributed by atoms with E-state index in [-0.39, 0.29) is 5.78 Å². The predicted molar refractivity (Wildman–Crippen MR) is 107 cm³/mol. The Morgan fingerprint density at radius 1 is 1.27 bits per heavy atom. The second kappa shape index (κ2) is 7.88. The molecule has 144 valence electrons. The van der Waals surface area contributed by atoms with Gasteiger partial charge in [-0.2, -0.15) is 0 Å². The van der Waals surface area contributed by atoms with Crippen LogP contribution in [0.1, 0.15) is 38.1 Å². The smallest absolute Gasteiger partial charge is 0.233 e. The fourth-order valence-electron chi connectivity index (χ4n) is 2.46. The van der Waals surface area contributed by atoms with Crippen LogP contribution in [0.4, 0.5) is 0 Å². The van der Waals surface area contributed by atoms with E-state index in [1.165, 1.54) is 0 Å². The minimum Gasteiger partial charge on any atom is -0.477 e. The van der Waals surface area contributed by atoms with Crippen LogP contribution in [0.15, 0.2) is 12.4 Å². The van der Waals surface area contributed by atoms with Gasteiger partial charge in [0.25, 0.3) is 0 Å². The lowest BCUT2D eigenvalue weighted by Crippen LogP contribution is -2.22. The van der Waals surface area contributed by atoms with Gasteiger partial charge in [0.05, 0.1) is 18.4 Å². The Hall–Kier alpha value is -1.73. The van der Waals surface area contributed by atoms with Crippen LogP contribution in [0.5, 0.6) is 5.88 Å². The Bertz CT molecular complexity index is 773. The summed E-state index contributed by atoms with van der Waals surface area (Å²) in [5.74, 6) is 0.464. The first-order chi connectivity index (χ1) is 12.0. The summed E-state index contributed by atoms with van der Waals surface area (Å²) in [6.45, 7) is 16.2. The molecule has 0 saturated heterocycles. The molecule has 26 heavy (non-hydrogen) atoms. The molecular formula is C19H31N3O3Si. The molecule has 7 heteroatoms. The monoisotopic (exact) mass is 377 g/mol. The standard InChI is InChI=1S/C19H31N3O3Si/c1-8-25-15-11-20-18-16(21-15)14(17(23)19(2,3)4)12-22(18)13-24-9-10-26(5,6)7/h11-12H,8-10,13H2,1-7H3. The average Bonchev–Trinajstić information content (AvgIpc) is 2.87. The van der Waals surface area contributed by atoms with Crippen molar-refractivity contribution in [1.29, 1.82) is 0 Å². The molecule has 0 aliphatic heterocycles. The molecular weight excluding hydrogens is 346 g/mol. The zero-order valence-corrected chi connectivity index (χ0v) is 18.0. The van der Waals surface area contributed by atoms with Crippen molar-refractivity contribution in [3.63, 3.8) is 0 Å². The number of nitrogens with zero attached hydrogens (tertiary/aromatic N) is 3. The van der Waals surface area contributed by atoms with Crippen LogP contribution in [-0.4, -0.2) is 41.6 Å². The highest BCUT2D eigenvalue weighted by atomic mass is 28.3. The topological polar surface area (TPSA) is 66.2 Å². The van der Waals surface area contributed by atoms with Crippen LogP contribution in [0.25, 0.3) is 11.2 Å². The van der Waals surface area contributed by atoms with E-state index in [0.717, 1.165) is 6.04 Å². The molecule has 6 nitrogen and oxygen atoms in total. The van der Waals surface area contributed by atoms with Crippen LogP contribution in [0.3, 0.4) is 0 Å². The number of hydrogen-bond donors (Lipinski definition) is 0. The van der Waals surface area contributed by atoms with Gasteiger partial charge in [-0.1, -0.05) is 40.4 Å². The van der Waals surface area contributed by atoms with Gasteiger partial charge in [0, 0.05) is 26.3 Å². The van der Waals surface area contributed by atoms with Crippen molar-refractivity contribution in [2.45, 2.75) is 60.1 Å². The average molecular weight is 378 g/mol. The maximum Gasteiger partial charge on any atom is 0.233 e. The number of ketones is 1. The van der Waals surface area contributed by atoms with Crippen molar-refractivity contribution in [1.82, 2.24) is 14.5 Å². The lowest BCUT2D eigenvalue weighted by Gasteiger charge is -2.16. The molecule has 0 atom stereocenters. The third-order valence-corrected chi connectivity index (χ3v) is 5.69. The largest absolute Gasteiger partial charge is 0.477 e. The summed E-state index contributed by atoms with van der Waals surface area (Å²) in [4.78, 5) is 21.8. The van der Waals surface area contributed by atoms with Crippen molar-refractivity contribution in [2.24, 2.45) is 5.41 Å². The van der Waals surface area contributed by atoms with E-state index in [0.29, 0.717) is 42.6 Å². The number of rotatable bonds is 8. The highest BCUT2D eigenvalue weighted by Gasteiger charge is 2.28. The second-order valence-electron chi connectivity index (χ2n) is 8.75. The first-order valence-electron chi connectivity index (χ1n) is 9.14. The Morgan fingerprint density at radius 2 is 1.96 bits per heavy atom. The maximum atomic E-state index is 12.9. The number of Topliss-reactive ketones (excluding diaryl/α,β-unsaturated/α-hetero) is 1. The van der Waals surface area contributed by atoms with E-state index in [1.807, 2.05) is 38.5 Å². The Kier molecular flexibility index (Phi) is 6.23. The SMILES string of the molecule is CCOc1cnc2c(n1)c(C(=O)C(C)(C)C)cn2COCC[Si](C)(C)C. The van der Waals surface area contributed by atoms with Gasteiger partial charge < -0.3 is 14.0 Å². The predicted octanol–water partition coefficient (Wildman–Crippen LogP) is 4.37. The Morgan fingerprint density at radius 3 is 2.54 bits per heavy atom. The number of carbonyl (C=O) groups excluding carboxylic acids is 1. The zero-order valence-electron chi connectivity index (χ0n) is 17.0. The van der Waals surface area contributed by atoms with Gasteiger partial charge in [0.1, 0.15) is 12.2 Å². The van der Waals surface area contributed by atoms with E-state index in [4.69, 9.17) is 9.47 Å². The molecule has 0 unspecified atom stereocenters. The quantitative estimate of drug-likeness (QED) is 0.388. The molecule has 0 aromatic carbocycles. The molecule has 0 fully saturated rings. The molecule has 0 aliphatic rings. The van der Waals surface area contributed by atoms with Crippen molar-refractivity contribution in [3.8, 4) is 5.88 Å². The highest BCUT2D eigenvalue weighted by Crippen LogP contribution is 2.27. The molecule has 2 aromatic heterocycles. The lowest BCUT2D eigenvalue weighted by molar-refractivity contribution is 0.0849. The van der Waals surface area contributed by atoms with Gasteiger partial charge in [0.2, 0.25) is 5.88 Å². The van der Waals surface area contributed by atoms with Crippen LogP contribution in [-0.2, 0) is 11.5 Å². The van der Waals surface area contributed by atoms with Gasteiger partial charge in [0.15, 0.2) is 11.4 Å². The summed E-state index contributed by atoms with van der Waals surface area (Å²) < 4.78 is 13.2. The van der Waals surface area contributed by atoms with Crippen molar-refractivity contribution in [3.05, 3.63) is 18.0 Å². The van der Waals surface area contributed by atoms with Crippen LogP contribution >= 0.6 is 0 Å². The summed E-state index contributed by atoms with van der Waals surface area (Å²) in [5.41, 5.74) is 1.29. The molecule has 0 amide bonds. The van der Waals surface area contributed by atoms with E-state index >= 15 is 0 Å². The molecule has 0 bridgehead atoms. The van der Waals surface area contributed by atoms with Crippen LogP contribution < -0.4 is 4.74 Å². The Balaban J connectivity index is 2.34. The third-order valence-electron chi connectivity index (χ3n) is 3.99. The first-order valence-corrected chi connectivity index (χ1v) is 12.8. The molecule has 0 radical (unpaired) electrons. The van der Waals surface area contributed by atoms with E-state index in [1.54, 1.807) is 6.20 Å². The number of hydrogen-bond acceptors (Lipinski definition) is 5. The molecule has 0 saturated carbocycles. The van der Waals surface area contributed by atoms with E-state index in [2.05, 4.69) is 29.6 Å². The number of fused-ring (bicyclic) bond motifs is 1. The van der Waals surface area contributed by atoms with Crippen LogP contribution in [0, 0.1) is 5.41 Å². The Labute approximate surface area is 156 Å². The molecule has 0 N–H and O–H groups in total. The molecule has 2 heterocycles. The van der Waals surface area contributed by atoms with E-state index in [9.17, 15) is 4.79 Å². The van der Waals surface area contributed by atoms with Gasteiger partial charge >= 0.3 is 0 Å². The maximum absolute atomic E-state index is 12.9. The van der Waals surface area contributed by atoms with Crippen LogP contribution in [0.2, 0.25) is 25.7 Å². The fraction of sp³-hybridized carbons (Fsp3) is 0.632. The minimum absolute atomic E-state index is 0.0336. The highest BCUT2D eigenvalue weighted by molar-refractivity contribution is 6.76. The number of carbonyl (C=O) groups is 1. The minimum atomic E-state index is -1.14. The summed E-state index contributed by atoms with van der Waals surface area (Å²) in [5, 5.41) is 0. The second-order valence-corrected chi connectivity index (χ2v) is 14.4. The third kappa shape index (κ3) is 5.14. The van der Waals surface area contributed by atoms with Crippen molar-refractivity contribution < 1.29 is 14.3 Å². The first kappa shape index (κ1) is 20.6. The molecule has 0 aliphatic carbocycles. The summed E-state index contributed by atoms with van der Waals surface area (Å²) in [6, 6.07) is 1.10. The molecule has 0 spiro atoms. The summed E-state index contributed by atoms with van der Waals surface area (Å²) >= 11 is 0. The molecule has 2 rings (SSSR count). The normalized spacial score (nSPS) is 12.6. The van der Waals surface area contributed by atoms with Gasteiger partial charge in [-0.3, -0.25) is 4.79 Å².